The maximum Gasteiger partial charge on any atom is 0.161 e. The number of aromatic nitrogens is 2. The summed E-state index contributed by atoms with van der Waals surface area (Å²) in [5, 5.41) is 7.99. The van der Waals surface area contributed by atoms with Crippen molar-refractivity contribution in [2.24, 2.45) is 7.05 Å². The molecule has 2 aromatic carbocycles. The number of nitrogens with zero attached hydrogens (tertiary/aromatic N) is 2. The van der Waals surface area contributed by atoms with E-state index in [9.17, 15) is 0 Å². The van der Waals surface area contributed by atoms with Gasteiger partial charge in [0.2, 0.25) is 0 Å². The molecule has 0 aliphatic rings. The molecule has 148 valence electrons. The molecule has 1 unspecified atom stereocenters. The first kappa shape index (κ1) is 20.0. The van der Waals surface area contributed by atoms with Crippen LogP contribution < -0.4 is 14.8 Å². The summed E-state index contributed by atoms with van der Waals surface area (Å²) in [5.74, 6) is 1.55. The Morgan fingerprint density at radius 2 is 1.82 bits per heavy atom. The highest BCUT2D eigenvalue weighted by atomic mass is 16.5. The number of ether oxygens (including phenoxy) is 2. The minimum atomic E-state index is 0.221. The lowest BCUT2D eigenvalue weighted by molar-refractivity contribution is 0.269. The van der Waals surface area contributed by atoms with Gasteiger partial charge in [-0.1, -0.05) is 36.4 Å². The molecule has 0 amide bonds. The molecule has 3 aromatic rings. The molecule has 1 aromatic heterocycles. The van der Waals surface area contributed by atoms with E-state index < -0.39 is 0 Å². The third-order valence-electron chi connectivity index (χ3n) is 4.68. The second kappa shape index (κ2) is 9.42. The van der Waals surface area contributed by atoms with Crippen molar-refractivity contribution in [3.8, 4) is 11.5 Å². The van der Waals surface area contributed by atoms with Crippen molar-refractivity contribution < 1.29 is 9.47 Å². The maximum atomic E-state index is 5.99. The normalized spacial score (nSPS) is 12.0. The second-order valence-corrected chi connectivity index (χ2v) is 6.93. The van der Waals surface area contributed by atoms with Crippen LogP contribution in [-0.2, 0) is 20.2 Å². The van der Waals surface area contributed by atoms with Crippen LogP contribution in [0.2, 0.25) is 0 Å². The molecule has 0 aliphatic heterocycles. The molecule has 5 nitrogen and oxygen atoms in total. The summed E-state index contributed by atoms with van der Waals surface area (Å²) in [7, 11) is 1.95. The number of hydrogen-bond acceptors (Lipinski definition) is 4. The minimum absolute atomic E-state index is 0.221. The average molecular weight is 380 g/mol. The van der Waals surface area contributed by atoms with Crippen LogP contribution in [0.25, 0.3) is 0 Å². The Labute approximate surface area is 167 Å². The minimum Gasteiger partial charge on any atom is -0.490 e. The van der Waals surface area contributed by atoms with E-state index in [2.05, 4.69) is 47.8 Å². The van der Waals surface area contributed by atoms with Crippen molar-refractivity contribution in [1.29, 1.82) is 0 Å². The SMILES string of the molecule is CCOc1cc(CNC(C)c2cn(C)nc2C)ccc1OCc1ccccc1. The summed E-state index contributed by atoms with van der Waals surface area (Å²) in [6, 6.07) is 16.5. The quantitative estimate of drug-likeness (QED) is 0.592. The summed E-state index contributed by atoms with van der Waals surface area (Å²) in [4.78, 5) is 0. The van der Waals surface area contributed by atoms with Gasteiger partial charge in [-0.3, -0.25) is 4.68 Å². The third kappa shape index (κ3) is 5.14. The Morgan fingerprint density at radius 3 is 2.50 bits per heavy atom. The zero-order valence-corrected chi connectivity index (χ0v) is 17.1. The highest BCUT2D eigenvalue weighted by Gasteiger charge is 2.12. The first-order valence-electron chi connectivity index (χ1n) is 9.72. The Hall–Kier alpha value is -2.79. The first-order valence-corrected chi connectivity index (χ1v) is 9.72. The number of hydrogen-bond donors (Lipinski definition) is 1. The van der Waals surface area contributed by atoms with Crippen molar-refractivity contribution in [1.82, 2.24) is 15.1 Å². The fourth-order valence-corrected chi connectivity index (χ4v) is 3.21. The molecule has 28 heavy (non-hydrogen) atoms. The summed E-state index contributed by atoms with van der Waals surface area (Å²) < 4.78 is 13.7. The predicted octanol–water partition coefficient (Wildman–Crippen LogP) is 4.56. The predicted molar refractivity (Wildman–Crippen MR) is 112 cm³/mol. The van der Waals surface area contributed by atoms with Crippen LogP contribution in [0, 0.1) is 6.92 Å². The monoisotopic (exact) mass is 379 g/mol. The van der Waals surface area contributed by atoms with Crippen molar-refractivity contribution >= 4 is 0 Å². The molecule has 0 aliphatic carbocycles. The molecule has 1 atom stereocenters. The fourth-order valence-electron chi connectivity index (χ4n) is 3.21. The Kier molecular flexibility index (Phi) is 6.71. The molecule has 1 N–H and O–H groups in total. The molecule has 3 rings (SSSR count). The number of nitrogens with one attached hydrogen (secondary N) is 1. The fraction of sp³-hybridized carbons (Fsp3) is 0.348. The van der Waals surface area contributed by atoms with Crippen molar-refractivity contribution in [2.75, 3.05) is 6.61 Å². The van der Waals surface area contributed by atoms with E-state index in [1.165, 1.54) is 5.56 Å². The van der Waals surface area contributed by atoms with Gasteiger partial charge in [0.25, 0.3) is 0 Å². The van der Waals surface area contributed by atoms with Crippen molar-refractivity contribution in [2.45, 2.75) is 40.0 Å². The van der Waals surface area contributed by atoms with Gasteiger partial charge in [0.15, 0.2) is 11.5 Å². The molecule has 0 radical (unpaired) electrons. The third-order valence-corrected chi connectivity index (χ3v) is 4.68. The zero-order chi connectivity index (χ0) is 19.9. The largest absolute Gasteiger partial charge is 0.490 e. The van der Waals surface area contributed by atoms with Crippen LogP contribution >= 0.6 is 0 Å². The molecule has 5 heteroatoms. The molecule has 0 bridgehead atoms. The standard InChI is InChI=1S/C23H29N3O2/c1-5-27-23-13-20(14-24-17(2)21-15-26(4)25-18(21)3)11-12-22(23)28-16-19-9-7-6-8-10-19/h6-13,15,17,24H,5,14,16H2,1-4H3. The van der Waals surface area contributed by atoms with Crippen LogP contribution in [0.3, 0.4) is 0 Å². The average Bonchev–Trinajstić information content (AvgIpc) is 3.04. The van der Waals surface area contributed by atoms with Gasteiger partial charge in [0.1, 0.15) is 6.61 Å². The summed E-state index contributed by atoms with van der Waals surface area (Å²) in [6.07, 6.45) is 2.07. The van der Waals surface area contributed by atoms with Gasteiger partial charge in [0.05, 0.1) is 12.3 Å². The lowest BCUT2D eigenvalue weighted by Gasteiger charge is -2.16. The van der Waals surface area contributed by atoms with Gasteiger partial charge >= 0.3 is 0 Å². The van der Waals surface area contributed by atoms with Crippen LogP contribution in [-0.4, -0.2) is 16.4 Å². The first-order chi connectivity index (χ1) is 13.6. The Balaban J connectivity index is 1.65. The summed E-state index contributed by atoms with van der Waals surface area (Å²) >= 11 is 0. The van der Waals surface area contributed by atoms with E-state index in [1.54, 1.807) is 0 Å². The zero-order valence-electron chi connectivity index (χ0n) is 17.1. The van der Waals surface area contributed by atoms with E-state index in [0.717, 1.165) is 34.9 Å². The Morgan fingerprint density at radius 1 is 1.04 bits per heavy atom. The highest BCUT2D eigenvalue weighted by molar-refractivity contribution is 5.43. The summed E-state index contributed by atoms with van der Waals surface area (Å²) in [6.45, 7) is 8.05. The van der Waals surface area contributed by atoms with Gasteiger partial charge in [0, 0.05) is 31.4 Å². The summed E-state index contributed by atoms with van der Waals surface area (Å²) in [5.41, 5.74) is 4.57. The van der Waals surface area contributed by atoms with E-state index in [-0.39, 0.29) is 6.04 Å². The van der Waals surface area contributed by atoms with Gasteiger partial charge in [-0.2, -0.15) is 5.10 Å². The topological polar surface area (TPSA) is 48.3 Å². The smallest absolute Gasteiger partial charge is 0.161 e. The lowest BCUT2D eigenvalue weighted by atomic mass is 10.1. The highest BCUT2D eigenvalue weighted by Crippen LogP contribution is 2.29. The van der Waals surface area contributed by atoms with Gasteiger partial charge in [-0.15, -0.1) is 0 Å². The molecule has 1 heterocycles. The van der Waals surface area contributed by atoms with Crippen molar-refractivity contribution in [3.63, 3.8) is 0 Å². The van der Waals surface area contributed by atoms with Crippen molar-refractivity contribution in [3.05, 3.63) is 77.1 Å². The van der Waals surface area contributed by atoms with E-state index in [1.807, 2.05) is 49.8 Å². The van der Waals surface area contributed by atoms with Crippen LogP contribution in [0.5, 0.6) is 11.5 Å². The molecule has 0 fully saturated rings. The lowest BCUT2D eigenvalue weighted by Crippen LogP contribution is -2.18. The number of aryl methyl sites for hydroxylation is 2. The van der Waals surface area contributed by atoms with Crippen LogP contribution in [0.4, 0.5) is 0 Å². The molecule has 0 saturated carbocycles. The van der Waals surface area contributed by atoms with Gasteiger partial charge in [-0.05, 0) is 44.0 Å². The van der Waals surface area contributed by atoms with Crippen LogP contribution in [0.15, 0.2) is 54.7 Å². The van der Waals surface area contributed by atoms with Gasteiger partial charge in [-0.25, -0.2) is 0 Å². The second-order valence-electron chi connectivity index (χ2n) is 6.93. The maximum absolute atomic E-state index is 5.99. The van der Waals surface area contributed by atoms with Crippen LogP contribution in [0.1, 0.15) is 42.3 Å². The van der Waals surface area contributed by atoms with E-state index >= 15 is 0 Å². The molecular formula is C23H29N3O2. The van der Waals surface area contributed by atoms with E-state index in [0.29, 0.717) is 13.2 Å². The molecule has 0 spiro atoms. The van der Waals surface area contributed by atoms with Gasteiger partial charge < -0.3 is 14.8 Å². The number of benzene rings is 2. The Bertz CT molecular complexity index is 890. The number of rotatable bonds is 9. The van der Waals surface area contributed by atoms with E-state index in [4.69, 9.17) is 9.47 Å². The molecule has 0 saturated heterocycles. The molecular weight excluding hydrogens is 350 g/mol.